The molecule has 2 aliphatic rings. The van der Waals surface area contributed by atoms with Crippen molar-refractivity contribution >= 4 is 24.0 Å². The summed E-state index contributed by atoms with van der Waals surface area (Å²) in [5.41, 5.74) is 2.48. The topological polar surface area (TPSA) is 44.4 Å². The Morgan fingerprint density at radius 3 is 2.52 bits per heavy atom. The van der Waals surface area contributed by atoms with Gasteiger partial charge >= 0.3 is 0 Å². The second kappa shape index (κ2) is 8.55. The summed E-state index contributed by atoms with van der Waals surface area (Å²) in [7, 11) is 0. The van der Waals surface area contributed by atoms with Crippen LogP contribution < -0.4 is 10.6 Å². The standard InChI is InChI=1S/C18H27N3O.ClH/c1-14-3-2-4-17(13-14)20-16-7-11-21(12-8-16)18(22)15-5-9-19-10-6-15;/h2-4,13,15-16,19-20H,5-12H2,1H3;1H. The van der Waals surface area contributed by atoms with Crippen molar-refractivity contribution in [2.45, 2.75) is 38.6 Å². The average molecular weight is 338 g/mol. The zero-order valence-corrected chi connectivity index (χ0v) is 14.7. The maximum Gasteiger partial charge on any atom is 0.225 e. The first kappa shape index (κ1) is 18.1. The molecule has 2 fully saturated rings. The predicted molar refractivity (Wildman–Crippen MR) is 97.2 cm³/mol. The van der Waals surface area contributed by atoms with Crippen molar-refractivity contribution in [2.24, 2.45) is 5.92 Å². The van der Waals surface area contributed by atoms with Gasteiger partial charge in [0.2, 0.25) is 5.91 Å². The van der Waals surface area contributed by atoms with Gasteiger partial charge in [0.05, 0.1) is 0 Å². The summed E-state index contributed by atoms with van der Waals surface area (Å²) in [5.74, 6) is 0.637. The van der Waals surface area contributed by atoms with Gasteiger partial charge in [-0.25, -0.2) is 0 Å². The largest absolute Gasteiger partial charge is 0.382 e. The monoisotopic (exact) mass is 337 g/mol. The van der Waals surface area contributed by atoms with E-state index >= 15 is 0 Å². The fourth-order valence-electron chi connectivity index (χ4n) is 3.54. The van der Waals surface area contributed by atoms with E-state index in [0.29, 0.717) is 11.9 Å². The van der Waals surface area contributed by atoms with Gasteiger partial charge in [-0.3, -0.25) is 4.79 Å². The number of aryl methyl sites for hydroxylation is 1. The first-order chi connectivity index (χ1) is 10.7. The zero-order valence-electron chi connectivity index (χ0n) is 13.9. The van der Waals surface area contributed by atoms with E-state index in [9.17, 15) is 4.79 Å². The smallest absolute Gasteiger partial charge is 0.225 e. The highest BCUT2D eigenvalue weighted by molar-refractivity contribution is 5.85. The summed E-state index contributed by atoms with van der Waals surface area (Å²) < 4.78 is 0. The molecule has 0 unspecified atom stereocenters. The summed E-state index contributed by atoms with van der Waals surface area (Å²) in [6.07, 6.45) is 4.09. The van der Waals surface area contributed by atoms with Crippen LogP contribution >= 0.6 is 12.4 Å². The summed E-state index contributed by atoms with van der Waals surface area (Å²) >= 11 is 0. The molecule has 0 aliphatic carbocycles. The molecule has 1 aromatic rings. The Labute approximate surface area is 145 Å². The minimum absolute atomic E-state index is 0. The lowest BCUT2D eigenvalue weighted by atomic mass is 9.95. The fourth-order valence-corrected chi connectivity index (χ4v) is 3.54. The number of carbonyl (C=O) groups excluding carboxylic acids is 1. The molecule has 0 bridgehead atoms. The van der Waals surface area contributed by atoms with Crippen molar-refractivity contribution in [1.29, 1.82) is 0 Å². The van der Waals surface area contributed by atoms with E-state index in [-0.39, 0.29) is 18.3 Å². The Morgan fingerprint density at radius 1 is 1.17 bits per heavy atom. The van der Waals surface area contributed by atoms with Crippen LogP contribution in [0.1, 0.15) is 31.2 Å². The van der Waals surface area contributed by atoms with E-state index in [2.05, 4.69) is 46.7 Å². The Balaban J connectivity index is 0.00000192. The number of anilines is 1. The SMILES string of the molecule is Cc1cccc(NC2CCN(C(=O)C3CCNCC3)CC2)c1.Cl. The molecule has 1 aromatic carbocycles. The number of rotatable bonds is 3. The van der Waals surface area contributed by atoms with E-state index in [1.807, 2.05) is 0 Å². The first-order valence-corrected chi connectivity index (χ1v) is 8.55. The lowest BCUT2D eigenvalue weighted by Crippen LogP contribution is -2.46. The van der Waals surface area contributed by atoms with Gasteiger partial charge in [0.25, 0.3) is 0 Å². The maximum atomic E-state index is 12.5. The van der Waals surface area contributed by atoms with Crippen molar-refractivity contribution in [3.8, 4) is 0 Å². The molecule has 0 radical (unpaired) electrons. The molecule has 3 rings (SSSR count). The molecule has 0 atom stereocenters. The van der Waals surface area contributed by atoms with Crippen molar-refractivity contribution < 1.29 is 4.79 Å². The van der Waals surface area contributed by atoms with Crippen molar-refractivity contribution in [2.75, 3.05) is 31.5 Å². The van der Waals surface area contributed by atoms with Gasteiger partial charge in [0.15, 0.2) is 0 Å². The molecule has 2 aliphatic heterocycles. The van der Waals surface area contributed by atoms with Crippen LogP contribution in [0.25, 0.3) is 0 Å². The molecule has 128 valence electrons. The van der Waals surface area contributed by atoms with Crippen LogP contribution in [0.3, 0.4) is 0 Å². The average Bonchev–Trinajstić information content (AvgIpc) is 2.56. The molecule has 23 heavy (non-hydrogen) atoms. The molecular formula is C18H28ClN3O. The molecule has 1 amide bonds. The van der Waals surface area contributed by atoms with Crippen LogP contribution in [0.2, 0.25) is 0 Å². The van der Waals surface area contributed by atoms with E-state index in [4.69, 9.17) is 0 Å². The van der Waals surface area contributed by atoms with E-state index in [0.717, 1.165) is 51.9 Å². The third kappa shape index (κ3) is 4.85. The number of likely N-dealkylation sites (tertiary alicyclic amines) is 1. The molecule has 0 spiro atoms. The van der Waals surface area contributed by atoms with E-state index in [1.54, 1.807) is 0 Å². The number of nitrogens with one attached hydrogen (secondary N) is 2. The normalized spacial score (nSPS) is 20.0. The second-order valence-electron chi connectivity index (χ2n) is 6.64. The molecule has 0 saturated carbocycles. The van der Waals surface area contributed by atoms with Crippen LogP contribution in [0.4, 0.5) is 5.69 Å². The number of hydrogen-bond donors (Lipinski definition) is 2. The van der Waals surface area contributed by atoms with Crippen molar-refractivity contribution in [3.63, 3.8) is 0 Å². The Kier molecular flexibility index (Phi) is 6.72. The van der Waals surface area contributed by atoms with Gasteiger partial charge in [-0.1, -0.05) is 12.1 Å². The number of carbonyl (C=O) groups is 1. The van der Waals surface area contributed by atoms with Gasteiger partial charge in [0, 0.05) is 30.7 Å². The lowest BCUT2D eigenvalue weighted by Gasteiger charge is -2.36. The maximum absolute atomic E-state index is 12.5. The van der Waals surface area contributed by atoms with Gasteiger partial charge in [0.1, 0.15) is 0 Å². The Hall–Kier alpha value is -1.26. The highest BCUT2D eigenvalue weighted by Gasteiger charge is 2.28. The van der Waals surface area contributed by atoms with E-state index in [1.165, 1.54) is 11.3 Å². The Bertz CT molecular complexity index is 509. The Morgan fingerprint density at radius 2 is 1.87 bits per heavy atom. The van der Waals surface area contributed by atoms with Gasteiger partial charge < -0.3 is 15.5 Å². The minimum Gasteiger partial charge on any atom is -0.382 e. The zero-order chi connectivity index (χ0) is 15.4. The molecule has 4 nitrogen and oxygen atoms in total. The number of amides is 1. The first-order valence-electron chi connectivity index (χ1n) is 8.55. The molecule has 5 heteroatoms. The third-order valence-corrected chi connectivity index (χ3v) is 4.88. The molecular weight excluding hydrogens is 310 g/mol. The van der Waals surface area contributed by atoms with Crippen molar-refractivity contribution in [3.05, 3.63) is 29.8 Å². The highest BCUT2D eigenvalue weighted by Crippen LogP contribution is 2.21. The molecule has 2 heterocycles. The lowest BCUT2D eigenvalue weighted by molar-refractivity contribution is -0.137. The highest BCUT2D eigenvalue weighted by atomic mass is 35.5. The summed E-state index contributed by atoms with van der Waals surface area (Å²) in [6.45, 7) is 5.88. The number of benzene rings is 1. The summed E-state index contributed by atoms with van der Waals surface area (Å²) in [6, 6.07) is 9.00. The summed E-state index contributed by atoms with van der Waals surface area (Å²) in [5, 5.41) is 6.94. The van der Waals surface area contributed by atoms with E-state index < -0.39 is 0 Å². The third-order valence-electron chi connectivity index (χ3n) is 4.88. The fraction of sp³-hybridized carbons (Fsp3) is 0.611. The number of halogens is 1. The van der Waals surface area contributed by atoms with Gasteiger partial charge in [-0.05, 0) is 63.4 Å². The predicted octanol–water partition coefficient (Wildman–Crippen LogP) is 2.82. The van der Waals surface area contributed by atoms with Gasteiger partial charge in [-0.15, -0.1) is 12.4 Å². The van der Waals surface area contributed by atoms with Crippen LogP contribution in [0, 0.1) is 12.8 Å². The molecule has 2 saturated heterocycles. The number of nitrogens with zero attached hydrogens (tertiary/aromatic N) is 1. The van der Waals surface area contributed by atoms with Crippen LogP contribution in [-0.2, 0) is 4.79 Å². The van der Waals surface area contributed by atoms with Crippen molar-refractivity contribution in [1.82, 2.24) is 10.2 Å². The van der Waals surface area contributed by atoms with Crippen LogP contribution in [-0.4, -0.2) is 43.0 Å². The minimum atomic E-state index is 0. The van der Waals surface area contributed by atoms with Crippen LogP contribution in [0.5, 0.6) is 0 Å². The molecule has 0 aromatic heterocycles. The second-order valence-corrected chi connectivity index (χ2v) is 6.64. The number of hydrogen-bond acceptors (Lipinski definition) is 3. The summed E-state index contributed by atoms with van der Waals surface area (Å²) in [4.78, 5) is 14.6. The number of piperidine rings is 2. The quantitative estimate of drug-likeness (QED) is 0.891. The molecule has 2 N–H and O–H groups in total. The van der Waals surface area contributed by atoms with Gasteiger partial charge in [-0.2, -0.15) is 0 Å². The van der Waals surface area contributed by atoms with Crippen LogP contribution in [0.15, 0.2) is 24.3 Å².